The predicted molar refractivity (Wildman–Crippen MR) is 48.8 cm³/mol. The van der Waals surface area contributed by atoms with Crippen molar-refractivity contribution in [2.24, 2.45) is 0 Å². The molecular formula is C8H15NO7. The zero-order valence-corrected chi connectivity index (χ0v) is 8.30. The van der Waals surface area contributed by atoms with E-state index in [1.54, 1.807) is 0 Å². The third-order valence-corrected chi connectivity index (χ3v) is 2.18. The van der Waals surface area contributed by atoms with E-state index in [9.17, 15) is 20.4 Å². The van der Waals surface area contributed by atoms with E-state index in [1.165, 1.54) is 0 Å². The second-order valence-electron chi connectivity index (χ2n) is 3.37. The molecule has 0 aliphatic rings. The van der Waals surface area contributed by atoms with Gasteiger partial charge in [-0.05, 0) is 0 Å². The van der Waals surface area contributed by atoms with E-state index in [-0.39, 0.29) is 0 Å². The van der Waals surface area contributed by atoms with E-state index < -0.39 is 43.2 Å². The Hall–Kier alpha value is -0.790. The fourth-order valence-corrected chi connectivity index (χ4v) is 1.000. The fraction of sp³-hybridized carbons (Fsp3) is 0.875. The molecule has 0 rings (SSSR count). The molecule has 7 N–H and O–H groups in total. The standard InChI is InChI=1S/C8H15NO7/c9-2-8(16,3-11)7(15)6(14)5(13)4(12)1-10/h4-7,10-16H,1,3H2/t4-,5-,6-,7-,8-/m0/s1. The first-order valence-electron chi connectivity index (χ1n) is 4.41. The second-order valence-corrected chi connectivity index (χ2v) is 3.37. The minimum atomic E-state index is -2.66. The van der Waals surface area contributed by atoms with Gasteiger partial charge in [0.05, 0.1) is 13.2 Å². The van der Waals surface area contributed by atoms with Gasteiger partial charge in [0.15, 0.2) is 0 Å². The molecule has 0 spiro atoms. The van der Waals surface area contributed by atoms with Crippen LogP contribution in [0.15, 0.2) is 0 Å². The van der Waals surface area contributed by atoms with E-state index in [1.807, 2.05) is 0 Å². The first-order valence-corrected chi connectivity index (χ1v) is 4.41. The first kappa shape index (κ1) is 15.2. The topological polar surface area (TPSA) is 165 Å². The molecule has 0 bridgehead atoms. The second kappa shape index (κ2) is 6.07. The third kappa shape index (κ3) is 3.10. The van der Waals surface area contributed by atoms with Crippen LogP contribution in [0.3, 0.4) is 0 Å². The zero-order valence-electron chi connectivity index (χ0n) is 8.30. The van der Waals surface area contributed by atoms with Crippen LogP contribution in [0.1, 0.15) is 0 Å². The van der Waals surface area contributed by atoms with Crippen LogP contribution in [0.4, 0.5) is 0 Å². The van der Waals surface area contributed by atoms with Crippen molar-refractivity contribution in [1.82, 2.24) is 0 Å². The highest BCUT2D eigenvalue weighted by Gasteiger charge is 2.44. The summed E-state index contributed by atoms with van der Waals surface area (Å²) in [5.74, 6) is 0. The number of hydrogen-bond acceptors (Lipinski definition) is 8. The van der Waals surface area contributed by atoms with Crippen LogP contribution in [0.2, 0.25) is 0 Å². The Morgan fingerprint density at radius 1 is 1.06 bits per heavy atom. The van der Waals surface area contributed by atoms with Crippen molar-refractivity contribution in [1.29, 1.82) is 5.26 Å². The predicted octanol–water partition coefficient (Wildman–Crippen LogP) is -4.33. The lowest BCUT2D eigenvalue weighted by atomic mass is 9.90. The maximum atomic E-state index is 9.32. The zero-order chi connectivity index (χ0) is 12.9. The van der Waals surface area contributed by atoms with Crippen LogP contribution >= 0.6 is 0 Å². The summed E-state index contributed by atoms with van der Waals surface area (Å²) >= 11 is 0. The van der Waals surface area contributed by atoms with Crippen molar-refractivity contribution in [3.63, 3.8) is 0 Å². The summed E-state index contributed by atoms with van der Waals surface area (Å²) in [5.41, 5.74) is -2.66. The fourth-order valence-electron chi connectivity index (χ4n) is 1.000. The van der Waals surface area contributed by atoms with Crippen molar-refractivity contribution in [3.05, 3.63) is 0 Å². The van der Waals surface area contributed by atoms with Gasteiger partial charge < -0.3 is 35.7 Å². The van der Waals surface area contributed by atoms with Gasteiger partial charge in [0.25, 0.3) is 0 Å². The Morgan fingerprint density at radius 2 is 1.56 bits per heavy atom. The van der Waals surface area contributed by atoms with Crippen molar-refractivity contribution >= 4 is 0 Å². The Kier molecular flexibility index (Phi) is 5.77. The molecule has 0 saturated carbocycles. The molecule has 0 aromatic rings. The van der Waals surface area contributed by atoms with E-state index >= 15 is 0 Å². The van der Waals surface area contributed by atoms with Crippen molar-refractivity contribution < 1.29 is 35.7 Å². The largest absolute Gasteiger partial charge is 0.394 e. The quantitative estimate of drug-likeness (QED) is 0.228. The molecule has 0 heterocycles. The summed E-state index contributed by atoms with van der Waals surface area (Å²) in [6.45, 7) is -2.04. The van der Waals surface area contributed by atoms with Crippen LogP contribution in [0, 0.1) is 11.3 Å². The van der Waals surface area contributed by atoms with Gasteiger partial charge in [0.2, 0.25) is 5.60 Å². The Bertz CT molecular complexity index is 255. The average molecular weight is 237 g/mol. The van der Waals surface area contributed by atoms with Gasteiger partial charge in [-0.15, -0.1) is 0 Å². The average Bonchev–Trinajstić information content (AvgIpc) is 2.33. The third-order valence-electron chi connectivity index (χ3n) is 2.18. The molecule has 0 amide bonds. The van der Waals surface area contributed by atoms with Gasteiger partial charge >= 0.3 is 0 Å². The van der Waals surface area contributed by atoms with Crippen molar-refractivity contribution in [3.8, 4) is 6.07 Å². The number of nitrogens with zero attached hydrogens (tertiary/aromatic N) is 1. The molecule has 8 heteroatoms. The van der Waals surface area contributed by atoms with E-state index in [2.05, 4.69) is 0 Å². The summed E-state index contributed by atoms with van der Waals surface area (Å²) in [4.78, 5) is 0. The number of hydrogen-bond donors (Lipinski definition) is 7. The molecule has 0 aliphatic carbocycles. The molecule has 0 radical (unpaired) electrons. The smallest absolute Gasteiger partial charge is 0.202 e. The van der Waals surface area contributed by atoms with Gasteiger partial charge in [0, 0.05) is 0 Å². The highest BCUT2D eigenvalue weighted by Crippen LogP contribution is 2.16. The Labute approximate surface area is 91.2 Å². The lowest BCUT2D eigenvalue weighted by Crippen LogP contribution is -2.56. The Balaban J connectivity index is 4.73. The normalized spacial score (nSPS) is 22.6. The molecule has 0 aromatic carbocycles. The first-order chi connectivity index (χ1) is 7.33. The van der Waals surface area contributed by atoms with Crippen LogP contribution in [0.5, 0.6) is 0 Å². The number of aliphatic hydroxyl groups is 7. The lowest BCUT2D eigenvalue weighted by Gasteiger charge is -2.31. The minimum absolute atomic E-state index is 0.880. The summed E-state index contributed by atoms with van der Waals surface area (Å²) in [6, 6.07) is 1.16. The van der Waals surface area contributed by atoms with Crippen LogP contribution in [-0.2, 0) is 0 Å². The monoisotopic (exact) mass is 237 g/mol. The van der Waals surface area contributed by atoms with E-state index in [4.69, 9.17) is 20.6 Å². The summed E-state index contributed by atoms with van der Waals surface area (Å²) in [5, 5.41) is 71.6. The highest BCUT2D eigenvalue weighted by molar-refractivity contribution is 5.08. The Morgan fingerprint density at radius 3 is 1.88 bits per heavy atom. The number of aliphatic hydroxyl groups excluding tert-OH is 6. The molecule has 0 saturated heterocycles. The number of nitriles is 1. The summed E-state index contributed by atoms with van der Waals surface area (Å²) < 4.78 is 0. The lowest BCUT2D eigenvalue weighted by molar-refractivity contribution is -0.165. The van der Waals surface area contributed by atoms with Gasteiger partial charge in [-0.3, -0.25) is 0 Å². The maximum Gasteiger partial charge on any atom is 0.202 e. The van der Waals surface area contributed by atoms with Crippen LogP contribution < -0.4 is 0 Å². The van der Waals surface area contributed by atoms with E-state index in [0.717, 1.165) is 6.07 Å². The van der Waals surface area contributed by atoms with Crippen molar-refractivity contribution in [2.75, 3.05) is 13.2 Å². The highest BCUT2D eigenvalue weighted by atomic mass is 16.4. The maximum absolute atomic E-state index is 9.32. The van der Waals surface area contributed by atoms with Gasteiger partial charge in [-0.1, -0.05) is 0 Å². The van der Waals surface area contributed by atoms with Crippen LogP contribution in [-0.4, -0.2) is 79.0 Å². The van der Waals surface area contributed by atoms with Crippen molar-refractivity contribution in [2.45, 2.75) is 30.0 Å². The summed E-state index contributed by atoms with van der Waals surface area (Å²) in [7, 11) is 0. The van der Waals surface area contributed by atoms with Crippen LogP contribution in [0.25, 0.3) is 0 Å². The molecular weight excluding hydrogens is 222 g/mol. The molecule has 0 aromatic heterocycles. The molecule has 0 aliphatic heterocycles. The molecule has 94 valence electrons. The molecule has 0 fully saturated rings. The molecule has 16 heavy (non-hydrogen) atoms. The minimum Gasteiger partial charge on any atom is -0.394 e. The SMILES string of the molecule is N#C[C@](O)(CO)[C@@H](O)[C@@H](O)[C@@H](O)[C@@H](O)CO. The van der Waals surface area contributed by atoms with Gasteiger partial charge in [0.1, 0.15) is 30.5 Å². The van der Waals surface area contributed by atoms with Gasteiger partial charge in [-0.2, -0.15) is 5.26 Å². The molecule has 8 nitrogen and oxygen atoms in total. The molecule has 5 atom stereocenters. The van der Waals surface area contributed by atoms with E-state index in [0.29, 0.717) is 0 Å². The summed E-state index contributed by atoms with van der Waals surface area (Å²) in [6.07, 6.45) is -8.00. The molecule has 0 unspecified atom stereocenters. The number of rotatable bonds is 6. The van der Waals surface area contributed by atoms with Gasteiger partial charge in [-0.25, -0.2) is 0 Å².